The zero-order chi connectivity index (χ0) is 16.0. The predicted molar refractivity (Wildman–Crippen MR) is 90.7 cm³/mol. The largest absolute Gasteiger partial charge is 0.362 e. The van der Waals surface area contributed by atoms with E-state index in [-0.39, 0.29) is 6.04 Å². The highest BCUT2D eigenvalue weighted by Crippen LogP contribution is 2.38. The number of rotatable bonds is 4. The molecular weight excluding hydrogens is 286 g/mol. The summed E-state index contributed by atoms with van der Waals surface area (Å²) in [5.74, 6) is 2.37. The lowest BCUT2D eigenvalue weighted by molar-refractivity contribution is 0.796. The van der Waals surface area contributed by atoms with Crippen LogP contribution in [-0.4, -0.2) is 19.8 Å². The molecule has 2 heterocycles. The van der Waals surface area contributed by atoms with Crippen LogP contribution in [0.15, 0.2) is 30.3 Å². The third-order valence-corrected chi connectivity index (χ3v) is 4.71. The van der Waals surface area contributed by atoms with E-state index < -0.39 is 0 Å². The minimum atomic E-state index is 0.195. The summed E-state index contributed by atoms with van der Waals surface area (Å²) in [7, 11) is 0. The van der Waals surface area contributed by atoms with Gasteiger partial charge in [-0.25, -0.2) is 0 Å². The Bertz CT molecular complexity index is 863. The Balaban J connectivity index is 1.64. The van der Waals surface area contributed by atoms with E-state index in [9.17, 15) is 0 Å². The molecule has 1 aromatic carbocycles. The first-order valence-electron chi connectivity index (χ1n) is 8.18. The van der Waals surface area contributed by atoms with Crippen molar-refractivity contribution in [3.63, 3.8) is 0 Å². The van der Waals surface area contributed by atoms with Crippen LogP contribution in [-0.2, 0) is 0 Å². The molecule has 2 aromatic heterocycles. The number of nitrogens with zero attached hydrogens (tertiary/aromatic N) is 4. The van der Waals surface area contributed by atoms with Gasteiger partial charge in [0.2, 0.25) is 0 Å². The molecule has 0 bridgehead atoms. The van der Waals surface area contributed by atoms with Crippen LogP contribution in [0.1, 0.15) is 54.2 Å². The van der Waals surface area contributed by atoms with Crippen LogP contribution in [0.2, 0.25) is 0 Å². The Morgan fingerprint density at radius 1 is 1.13 bits per heavy atom. The molecule has 0 spiro atoms. The van der Waals surface area contributed by atoms with Gasteiger partial charge in [0.05, 0.1) is 6.04 Å². The van der Waals surface area contributed by atoms with Crippen LogP contribution in [0.4, 0.5) is 5.82 Å². The molecule has 118 valence electrons. The van der Waals surface area contributed by atoms with Crippen LogP contribution >= 0.6 is 0 Å². The van der Waals surface area contributed by atoms with Gasteiger partial charge in [0, 0.05) is 5.92 Å². The average Bonchev–Trinajstić information content (AvgIpc) is 3.30. The highest BCUT2D eigenvalue weighted by molar-refractivity contribution is 5.47. The maximum atomic E-state index is 4.69. The van der Waals surface area contributed by atoms with Crippen molar-refractivity contribution in [3.8, 4) is 0 Å². The summed E-state index contributed by atoms with van der Waals surface area (Å²) >= 11 is 0. The van der Waals surface area contributed by atoms with Crippen LogP contribution < -0.4 is 5.32 Å². The molecule has 1 fully saturated rings. The fraction of sp³-hybridized carbons (Fsp3) is 0.389. The van der Waals surface area contributed by atoms with Gasteiger partial charge in [0.15, 0.2) is 11.5 Å². The van der Waals surface area contributed by atoms with E-state index in [1.165, 1.54) is 29.5 Å². The molecule has 23 heavy (non-hydrogen) atoms. The Morgan fingerprint density at radius 2 is 1.96 bits per heavy atom. The number of fused-ring (bicyclic) bond motifs is 1. The molecule has 0 radical (unpaired) electrons. The molecule has 1 N–H and O–H groups in total. The molecule has 5 heteroatoms. The van der Waals surface area contributed by atoms with Gasteiger partial charge in [0.25, 0.3) is 0 Å². The number of nitrogens with one attached hydrogen (secondary N) is 1. The lowest BCUT2D eigenvalue weighted by Crippen LogP contribution is -2.11. The summed E-state index contributed by atoms with van der Waals surface area (Å²) in [6, 6.07) is 10.6. The van der Waals surface area contributed by atoms with Crippen LogP contribution in [0.25, 0.3) is 5.65 Å². The van der Waals surface area contributed by atoms with Crippen molar-refractivity contribution in [1.29, 1.82) is 0 Å². The Kier molecular flexibility index (Phi) is 3.29. The predicted octanol–water partition coefficient (Wildman–Crippen LogP) is 3.79. The second-order valence-electron chi connectivity index (χ2n) is 6.48. The zero-order valence-electron chi connectivity index (χ0n) is 13.7. The number of benzene rings is 1. The van der Waals surface area contributed by atoms with Gasteiger partial charge in [-0.1, -0.05) is 18.2 Å². The minimum absolute atomic E-state index is 0.195. The van der Waals surface area contributed by atoms with E-state index in [2.05, 4.69) is 54.5 Å². The standard InChI is InChI=1S/C18H21N5/c1-11-5-4-6-15(12(11)2)13(3)19-16-9-10-17-20-21-18(14-7-8-14)23(17)22-16/h4-6,9-10,13-14H,7-8H2,1-3H3,(H,19,22). The smallest absolute Gasteiger partial charge is 0.178 e. The number of aromatic nitrogens is 4. The van der Waals surface area contributed by atoms with E-state index in [0.717, 1.165) is 17.3 Å². The normalized spacial score (nSPS) is 15.8. The molecule has 1 unspecified atom stereocenters. The zero-order valence-corrected chi connectivity index (χ0v) is 13.7. The van der Waals surface area contributed by atoms with E-state index in [1.807, 2.05) is 16.6 Å². The van der Waals surface area contributed by atoms with Crippen LogP contribution in [0, 0.1) is 13.8 Å². The fourth-order valence-electron chi connectivity index (χ4n) is 3.02. The Labute approximate surface area is 135 Å². The Morgan fingerprint density at radius 3 is 2.74 bits per heavy atom. The van der Waals surface area contributed by atoms with Crippen molar-refractivity contribution in [2.45, 2.75) is 45.6 Å². The topological polar surface area (TPSA) is 55.1 Å². The first-order valence-corrected chi connectivity index (χ1v) is 8.18. The molecule has 3 aromatic rings. The minimum Gasteiger partial charge on any atom is -0.362 e. The molecule has 4 rings (SSSR count). The van der Waals surface area contributed by atoms with Gasteiger partial charge < -0.3 is 5.32 Å². The molecule has 1 aliphatic rings. The number of hydrogen-bond donors (Lipinski definition) is 1. The van der Waals surface area contributed by atoms with Gasteiger partial charge in [-0.05, 0) is 62.4 Å². The maximum absolute atomic E-state index is 4.69. The van der Waals surface area contributed by atoms with Crippen LogP contribution in [0.5, 0.6) is 0 Å². The van der Waals surface area contributed by atoms with Gasteiger partial charge in [-0.15, -0.1) is 15.3 Å². The number of anilines is 1. The summed E-state index contributed by atoms with van der Waals surface area (Å²) in [5.41, 5.74) is 4.76. The van der Waals surface area contributed by atoms with Crippen molar-refractivity contribution in [2.24, 2.45) is 0 Å². The lowest BCUT2D eigenvalue weighted by Gasteiger charge is -2.18. The SMILES string of the molecule is Cc1cccc(C(C)Nc2ccc3nnc(C4CC4)n3n2)c1C. The first-order chi connectivity index (χ1) is 11.1. The summed E-state index contributed by atoms with van der Waals surface area (Å²) in [5, 5.41) is 16.7. The summed E-state index contributed by atoms with van der Waals surface area (Å²) in [6.07, 6.45) is 2.39. The average molecular weight is 307 g/mol. The third kappa shape index (κ3) is 2.56. The van der Waals surface area contributed by atoms with Crippen molar-refractivity contribution in [1.82, 2.24) is 19.8 Å². The van der Waals surface area contributed by atoms with Gasteiger partial charge >= 0.3 is 0 Å². The van der Waals surface area contributed by atoms with Crippen molar-refractivity contribution in [2.75, 3.05) is 5.32 Å². The molecule has 5 nitrogen and oxygen atoms in total. The molecule has 0 aliphatic heterocycles. The molecule has 0 amide bonds. The number of hydrogen-bond acceptors (Lipinski definition) is 4. The van der Waals surface area contributed by atoms with E-state index >= 15 is 0 Å². The van der Waals surface area contributed by atoms with Crippen molar-refractivity contribution >= 4 is 11.5 Å². The lowest BCUT2D eigenvalue weighted by atomic mass is 9.98. The second kappa shape index (κ2) is 5.33. The highest BCUT2D eigenvalue weighted by atomic mass is 15.4. The number of aryl methyl sites for hydroxylation is 1. The summed E-state index contributed by atoms with van der Waals surface area (Å²) < 4.78 is 1.88. The van der Waals surface area contributed by atoms with Crippen molar-refractivity contribution in [3.05, 3.63) is 52.8 Å². The van der Waals surface area contributed by atoms with Gasteiger partial charge in [0.1, 0.15) is 5.82 Å². The molecular formula is C18H21N5. The Hall–Kier alpha value is -2.43. The van der Waals surface area contributed by atoms with Crippen molar-refractivity contribution < 1.29 is 0 Å². The molecule has 1 aliphatic carbocycles. The van der Waals surface area contributed by atoms with Crippen LogP contribution in [0.3, 0.4) is 0 Å². The van der Waals surface area contributed by atoms with Gasteiger partial charge in [-0.3, -0.25) is 0 Å². The fourth-order valence-corrected chi connectivity index (χ4v) is 3.02. The van der Waals surface area contributed by atoms with E-state index in [1.54, 1.807) is 0 Å². The monoisotopic (exact) mass is 307 g/mol. The molecule has 0 saturated heterocycles. The maximum Gasteiger partial charge on any atom is 0.178 e. The first kappa shape index (κ1) is 14.2. The third-order valence-electron chi connectivity index (χ3n) is 4.71. The molecule has 1 saturated carbocycles. The summed E-state index contributed by atoms with van der Waals surface area (Å²) in [4.78, 5) is 0. The van der Waals surface area contributed by atoms with Gasteiger partial charge in [-0.2, -0.15) is 4.52 Å². The quantitative estimate of drug-likeness (QED) is 0.796. The van der Waals surface area contributed by atoms with E-state index in [4.69, 9.17) is 5.10 Å². The second-order valence-corrected chi connectivity index (χ2v) is 6.48. The summed E-state index contributed by atoms with van der Waals surface area (Å²) in [6.45, 7) is 6.49. The molecule has 1 atom stereocenters. The highest BCUT2D eigenvalue weighted by Gasteiger charge is 2.29. The van der Waals surface area contributed by atoms with E-state index in [0.29, 0.717) is 5.92 Å².